The number of hydrogen-bond donors (Lipinski definition) is 1. The van der Waals surface area contributed by atoms with Crippen LogP contribution < -0.4 is 5.32 Å². The molecule has 0 aromatic heterocycles. The van der Waals surface area contributed by atoms with Crippen LogP contribution in [0.5, 0.6) is 0 Å². The average molecular weight is 197 g/mol. The Morgan fingerprint density at radius 3 is 2.71 bits per heavy atom. The van der Waals surface area contributed by atoms with Gasteiger partial charge in [-0.15, -0.1) is 0 Å². The highest BCUT2D eigenvalue weighted by atomic mass is 16.5. The van der Waals surface area contributed by atoms with Crippen LogP contribution in [0.1, 0.15) is 46.0 Å². The smallest absolute Gasteiger partial charge is 0.0620 e. The van der Waals surface area contributed by atoms with Crippen LogP contribution in [0.15, 0.2) is 0 Å². The molecule has 2 aliphatic rings. The molecular formula is C12H23NO. The van der Waals surface area contributed by atoms with E-state index in [9.17, 15) is 0 Å². The number of rotatable bonds is 2. The van der Waals surface area contributed by atoms with Crippen LogP contribution in [0.4, 0.5) is 0 Å². The van der Waals surface area contributed by atoms with E-state index in [1.54, 1.807) is 0 Å². The molecule has 0 radical (unpaired) electrons. The first-order valence-corrected chi connectivity index (χ1v) is 5.99. The Morgan fingerprint density at radius 2 is 2.07 bits per heavy atom. The fourth-order valence-corrected chi connectivity index (χ4v) is 2.84. The van der Waals surface area contributed by atoms with E-state index in [1.807, 2.05) is 0 Å². The van der Waals surface area contributed by atoms with Gasteiger partial charge in [0.05, 0.1) is 6.61 Å². The zero-order valence-corrected chi connectivity index (χ0v) is 9.51. The van der Waals surface area contributed by atoms with Gasteiger partial charge in [0.15, 0.2) is 0 Å². The van der Waals surface area contributed by atoms with Crippen LogP contribution >= 0.6 is 0 Å². The van der Waals surface area contributed by atoms with Gasteiger partial charge in [-0.2, -0.15) is 0 Å². The van der Waals surface area contributed by atoms with Gasteiger partial charge in [-0.3, -0.25) is 0 Å². The van der Waals surface area contributed by atoms with Crippen molar-refractivity contribution >= 4 is 0 Å². The molecule has 2 rings (SSSR count). The second kappa shape index (κ2) is 4.19. The molecule has 1 N–H and O–H groups in total. The third-order valence-electron chi connectivity index (χ3n) is 3.61. The molecule has 0 aromatic carbocycles. The third kappa shape index (κ3) is 2.71. The van der Waals surface area contributed by atoms with Gasteiger partial charge in [0, 0.05) is 18.7 Å². The Morgan fingerprint density at radius 1 is 1.21 bits per heavy atom. The molecule has 1 aliphatic carbocycles. The van der Waals surface area contributed by atoms with Gasteiger partial charge in [0.1, 0.15) is 0 Å². The maximum absolute atomic E-state index is 5.39. The molecule has 0 aromatic rings. The second-order valence-electron chi connectivity index (χ2n) is 5.68. The van der Waals surface area contributed by atoms with Gasteiger partial charge in [0.25, 0.3) is 0 Å². The highest BCUT2D eigenvalue weighted by Crippen LogP contribution is 2.35. The Balaban J connectivity index is 1.79. The molecule has 1 saturated heterocycles. The summed E-state index contributed by atoms with van der Waals surface area (Å²) in [7, 11) is 0. The lowest BCUT2D eigenvalue weighted by Crippen LogP contribution is -2.43. The van der Waals surface area contributed by atoms with Crippen LogP contribution in [-0.2, 0) is 4.74 Å². The standard InChI is InChI=1S/C12H23NO/c1-12(2)6-3-4-10(8-12)13-11-5-7-14-9-11/h10-11,13H,3-9H2,1-2H3. The van der Waals surface area contributed by atoms with Crippen molar-refractivity contribution in [3.05, 3.63) is 0 Å². The van der Waals surface area contributed by atoms with Gasteiger partial charge in [-0.25, -0.2) is 0 Å². The minimum atomic E-state index is 0.551. The predicted molar refractivity (Wildman–Crippen MR) is 58.4 cm³/mol. The quantitative estimate of drug-likeness (QED) is 0.733. The van der Waals surface area contributed by atoms with Crippen LogP contribution in [0.25, 0.3) is 0 Å². The molecule has 0 bridgehead atoms. The molecule has 82 valence electrons. The molecule has 2 unspecified atom stereocenters. The summed E-state index contributed by atoms with van der Waals surface area (Å²) in [6, 6.07) is 1.37. The normalized spacial score (nSPS) is 37.3. The van der Waals surface area contributed by atoms with Gasteiger partial charge in [-0.1, -0.05) is 20.3 Å². The lowest BCUT2D eigenvalue weighted by Gasteiger charge is -2.36. The summed E-state index contributed by atoms with van der Waals surface area (Å²) in [5.74, 6) is 0. The Hall–Kier alpha value is -0.0800. The van der Waals surface area contributed by atoms with E-state index in [0.29, 0.717) is 11.5 Å². The minimum Gasteiger partial charge on any atom is -0.380 e. The van der Waals surface area contributed by atoms with Crippen molar-refractivity contribution in [2.45, 2.75) is 58.0 Å². The number of hydrogen-bond acceptors (Lipinski definition) is 2. The maximum Gasteiger partial charge on any atom is 0.0620 e. The van der Waals surface area contributed by atoms with E-state index in [4.69, 9.17) is 4.74 Å². The molecule has 1 saturated carbocycles. The van der Waals surface area contributed by atoms with Crippen molar-refractivity contribution < 1.29 is 4.74 Å². The molecule has 0 amide bonds. The molecule has 2 atom stereocenters. The summed E-state index contributed by atoms with van der Waals surface area (Å²) in [5.41, 5.74) is 0.551. The minimum absolute atomic E-state index is 0.551. The van der Waals surface area contributed by atoms with E-state index in [2.05, 4.69) is 19.2 Å². The molecule has 14 heavy (non-hydrogen) atoms. The third-order valence-corrected chi connectivity index (χ3v) is 3.61. The van der Waals surface area contributed by atoms with E-state index < -0.39 is 0 Å². The Bertz CT molecular complexity index is 185. The first-order valence-electron chi connectivity index (χ1n) is 5.99. The van der Waals surface area contributed by atoms with Crippen LogP contribution in [0, 0.1) is 5.41 Å². The zero-order valence-electron chi connectivity index (χ0n) is 9.51. The molecule has 0 spiro atoms. The van der Waals surface area contributed by atoms with Crippen molar-refractivity contribution in [3.8, 4) is 0 Å². The maximum atomic E-state index is 5.39. The SMILES string of the molecule is CC1(C)CCCC(NC2CCOC2)C1. The summed E-state index contributed by atoms with van der Waals surface area (Å²) in [4.78, 5) is 0. The largest absolute Gasteiger partial charge is 0.380 e. The molecule has 2 heteroatoms. The zero-order chi connectivity index (χ0) is 10.0. The highest BCUT2D eigenvalue weighted by Gasteiger charge is 2.29. The molecule has 1 aliphatic heterocycles. The lowest BCUT2D eigenvalue weighted by atomic mass is 9.75. The average Bonchev–Trinajstić information content (AvgIpc) is 2.54. The molecular weight excluding hydrogens is 174 g/mol. The highest BCUT2D eigenvalue weighted by molar-refractivity contribution is 4.86. The Labute approximate surface area is 87.4 Å². The van der Waals surface area contributed by atoms with Crippen molar-refractivity contribution in [2.24, 2.45) is 5.41 Å². The fourth-order valence-electron chi connectivity index (χ4n) is 2.84. The van der Waals surface area contributed by atoms with E-state index in [0.717, 1.165) is 19.3 Å². The summed E-state index contributed by atoms with van der Waals surface area (Å²) in [5, 5.41) is 3.75. The first kappa shape index (κ1) is 10.4. The van der Waals surface area contributed by atoms with Crippen LogP contribution in [0.3, 0.4) is 0 Å². The predicted octanol–water partition coefficient (Wildman–Crippen LogP) is 2.33. The van der Waals surface area contributed by atoms with E-state index in [1.165, 1.54) is 32.1 Å². The topological polar surface area (TPSA) is 21.3 Å². The summed E-state index contributed by atoms with van der Waals surface area (Å²) in [6.45, 7) is 6.67. The summed E-state index contributed by atoms with van der Waals surface area (Å²) in [6.07, 6.45) is 6.69. The van der Waals surface area contributed by atoms with Crippen molar-refractivity contribution in [1.82, 2.24) is 5.32 Å². The monoisotopic (exact) mass is 197 g/mol. The molecule has 1 heterocycles. The Kier molecular flexibility index (Phi) is 3.13. The number of nitrogens with one attached hydrogen (secondary N) is 1. The van der Waals surface area contributed by atoms with Crippen LogP contribution in [-0.4, -0.2) is 25.3 Å². The molecule has 2 fully saturated rings. The van der Waals surface area contributed by atoms with Gasteiger partial charge in [0.2, 0.25) is 0 Å². The second-order valence-corrected chi connectivity index (χ2v) is 5.68. The lowest BCUT2D eigenvalue weighted by molar-refractivity contribution is 0.167. The first-order chi connectivity index (χ1) is 6.66. The van der Waals surface area contributed by atoms with Gasteiger partial charge < -0.3 is 10.1 Å². The van der Waals surface area contributed by atoms with E-state index >= 15 is 0 Å². The van der Waals surface area contributed by atoms with Crippen molar-refractivity contribution in [3.63, 3.8) is 0 Å². The fraction of sp³-hybridized carbons (Fsp3) is 1.00. The summed E-state index contributed by atoms with van der Waals surface area (Å²) >= 11 is 0. The van der Waals surface area contributed by atoms with Gasteiger partial charge >= 0.3 is 0 Å². The molecule has 2 nitrogen and oxygen atoms in total. The summed E-state index contributed by atoms with van der Waals surface area (Å²) < 4.78 is 5.39. The van der Waals surface area contributed by atoms with E-state index in [-0.39, 0.29) is 0 Å². The van der Waals surface area contributed by atoms with Crippen LogP contribution in [0.2, 0.25) is 0 Å². The van der Waals surface area contributed by atoms with Crippen molar-refractivity contribution in [2.75, 3.05) is 13.2 Å². The number of ether oxygens (including phenoxy) is 1. The van der Waals surface area contributed by atoms with Crippen molar-refractivity contribution in [1.29, 1.82) is 0 Å². The van der Waals surface area contributed by atoms with Gasteiger partial charge in [-0.05, 0) is 31.1 Å².